The second-order valence-electron chi connectivity index (χ2n) is 15.5. The monoisotopic (exact) mass is 664 g/mol. The van der Waals surface area contributed by atoms with Crippen LogP contribution in [0.3, 0.4) is 0 Å². The molecule has 3 nitrogen and oxygen atoms in total. The van der Waals surface area contributed by atoms with E-state index in [1.165, 1.54) is 61.1 Å². The summed E-state index contributed by atoms with van der Waals surface area (Å²) in [5, 5.41) is 1.30. The zero-order valence-electron chi connectivity index (χ0n) is 30.5. The predicted molar refractivity (Wildman–Crippen MR) is 217 cm³/mol. The molecule has 2 unspecified atom stereocenters. The largest absolute Gasteiger partial charge is 0.458 e. The molecule has 0 spiro atoms. The lowest BCUT2D eigenvalue weighted by molar-refractivity contribution is 0.487. The van der Waals surface area contributed by atoms with Crippen LogP contribution in [0.2, 0.25) is 0 Å². The maximum Gasteiger partial charge on any atom is 0.251 e. The summed E-state index contributed by atoms with van der Waals surface area (Å²) < 4.78 is 9.40. The lowest BCUT2D eigenvalue weighted by atomic mass is 9.34. The standard InChI is InChI=1S/C47H45BN2O/c1-29(2)32-26-37(30(3)4)46(38(27-32)31(5)6)48-39-20-12-15-23-43(39)51-44-28-34(24-25-40(44)48)50-42-22-14-11-19-36(42)45-35-18-10-13-21-41(35)49(47(45)50)33-16-8-7-9-17-33/h7-31,35,41H,1-6H3. The molecule has 6 aromatic rings. The number of benzene rings is 5. The van der Waals surface area contributed by atoms with Gasteiger partial charge in [0.2, 0.25) is 0 Å². The number of allylic oxidation sites excluding steroid dienone is 2. The Bertz CT molecular complexity index is 2330. The highest BCUT2D eigenvalue weighted by molar-refractivity contribution is 6.97. The van der Waals surface area contributed by atoms with Gasteiger partial charge in [-0.05, 0) is 75.7 Å². The topological polar surface area (TPSA) is 17.4 Å². The molecule has 1 aromatic heterocycles. The van der Waals surface area contributed by atoms with Crippen molar-refractivity contribution in [2.75, 3.05) is 4.90 Å². The third-order valence-corrected chi connectivity index (χ3v) is 11.4. The van der Waals surface area contributed by atoms with Crippen LogP contribution in [0.15, 0.2) is 133 Å². The minimum Gasteiger partial charge on any atom is -0.458 e. The second-order valence-corrected chi connectivity index (χ2v) is 15.5. The van der Waals surface area contributed by atoms with E-state index in [2.05, 4.69) is 185 Å². The van der Waals surface area contributed by atoms with E-state index in [1.54, 1.807) is 0 Å². The average molecular weight is 665 g/mol. The maximum atomic E-state index is 6.92. The van der Waals surface area contributed by atoms with Crippen molar-refractivity contribution in [3.05, 3.63) is 156 Å². The Morgan fingerprint density at radius 3 is 2.02 bits per heavy atom. The van der Waals surface area contributed by atoms with E-state index in [0.717, 1.165) is 17.2 Å². The smallest absolute Gasteiger partial charge is 0.251 e. The minimum absolute atomic E-state index is 0.0705. The van der Waals surface area contributed by atoms with Crippen LogP contribution in [0, 0.1) is 0 Å². The number of fused-ring (bicyclic) bond motifs is 7. The molecule has 0 radical (unpaired) electrons. The van der Waals surface area contributed by atoms with Crippen LogP contribution in [0.5, 0.6) is 11.5 Å². The summed E-state index contributed by atoms with van der Waals surface area (Å²) in [6.07, 6.45) is 9.14. The molecule has 0 saturated heterocycles. The molecule has 0 N–H and O–H groups in total. The van der Waals surface area contributed by atoms with Gasteiger partial charge in [-0.25, -0.2) is 0 Å². The van der Waals surface area contributed by atoms with Crippen molar-refractivity contribution in [3.8, 4) is 17.2 Å². The predicted octanol–water partition coefficient (Wildman–Crippen LogP) is 10.4. The number of hydrogen-bond acceptors (Lipinski definition) is 2. The second kappa shape index (κ2) is 12.2. The molecule has 252 valence electrons. The third-order valence-electron chi connectivity index (χ3n) is 11.4. The fourth-order valence-electron chi connectivity index (χ4n) is 8.96. The Kier molecular flexibility index (Phi) is 7.61. The molecule has 0 bridgehead atoms. The SMILES string of the molecule is CC(C)c1cc(C(C)C)c(B2c3ccccc3Oc3cc(-n4c5c(c6ccccc64)C4C=CC=CC4N5c4ccccc4)ccc32)c(C(C)C)c1. The van der Waals surface area contributed by atoms with E-state index < -0.39 is 0 Å². The van der Waals surface area contributed by atoms with Gasteiger partial charge >= 0.3 is 0 Å². The number of anilines is 2. The molecule has 4 heteroatoms. The molecule has 0 amide bonds. The fourth-order valence-corrected chi connectivity index (χ4v) is 8.96. The minimum atomic E-state index is 0.0705. The number of rotatable bonds is 6. The number of aromatic nitrogens is 1. The van der Waals surface area contributed by atoms with Crippen LogP contribution in [-0.4, -0.2) is 17.3 Å². The summed E-state index contributed by atoms with van der Waals surface area (Å²) in [5.74, 6) is 4.61. The van der Waals surface area contributed by atoms with Crippen LogP contribution >= 0.6 is 0 Å². The first-order valence-electron chi connectivity index (χ1n) is 18.7. The van der Waals surface area contributed by atoms with Crippen molar-refractivity contribution in [1.29, 1.82) is 0 Å². The van der Waals surface area contributed by atoms with Gasteiger partial charge in [0.15, 0.2) is 0 Å². The van der Waals surface area contributed by atoms with E-state index >= 15 is 0 Å². The number of ether oxygens (including phenoxy) is 1. The van der Waals surface area contributed by atoms with Gasteiger partial charge in [-0.15, -0.1) is 0 Å². The van der Waals surface area contributed by atoms with Crippen LogP contribution in [-0.2, 0) is 0 Å². The molecule has 5 aromatic carbocycles. The van der Waals surface area contributed by atoms with Gasteiger partial charge in [-0.2, -0.15) is 0 Å². The summed E-state index contributed by atoms with van der Waals surface area (Å²) in [6, 6.07) is 40.6. The van der Waals surface area contributed by atoms with E-state index in [9.17, 15) is 0 Å². The third kappa shape index (κ3) is 4.94. The molecule has 0 saturated carbocycles. The number of nitrogens with zero attached hydrogens (tertiary/aromatic N) is 2. The molecule has 3 heterocycles. The Morgan fingerprint density at radius 1 is 0.608 bits per heavy atom. The molecule has 1 aliphatic carbocycles. The Balaban J connectivity index is 1.29. The van der Waals surface area contributed by atoms with Gasteiger partial charge in [0.25, 0.3) is 6.71 Å². The molecule has 9 rings (SSSR count). The first kappa shape index (κ1) is 31.7. The zero-order chi connectivity index (χ0) is 35.0. The molecule has 2 aliphatic heterocycles. The quantitative estimate of drug-likeness (QED) is 0.165. The fraction of sp³-hybridized carbons (Fsp3) is 0.234. The van der Waals surface area contributed by atoms with Crippen molar-refractivity contribution < 1.29 is 4.74 Å². The number of para-hydroxylation sites is 3. The summed E-state index contributed by atoms with van der Waals surface area (Å²) in [4.78, 5) is 2.54. The van der Waals surface area contributed by atoms with Crippen molar-refractivity contribution in [1.82, 2.24) is 4.57 Å². The molecule has 0 fully saturated rings. The molecular weight excluding hydrogens is 619 g/mol. The lowest BCUT2D eigenvalue weighted by Crippen LogP contribution is -2.57. The zero-order valence-corrected chi connectivity index (χ0v) is 30.5. The maximum absolute atomic E-state index is 6.92. The van der Waals surface area contributed by atoms with Crippen LogP contribution in [0.4, 0.5) is 11.5 Å². The summed E-state index contributed by atoms with van der Waals surface area (Å²) in [7, 11) is 0. The van der Waals surface area contributed by atoms with Gasteiger partial charge < -0.3 is 9.64 Å². The van der Waals surface area contributed by atoms with Crippen LogP contribution < -0.4 is 26.0 Å². The Hall–Kier alpha value is -5.22. The molecule has 51 heavy (non-hydrogen) atoms. The van der Waals surface area contributed by atoms with E-state index in [-0.39, 0.29) is 18.7 Å². The van der Waals surface area contributed by atoms with E-state index in [4.69, 9.17) is 4.74 Å². The van der Waals surface area contributed by atoms with Crippen molar-refractivity contribution in [2.45, 2.75) is 71.3 Å². The Morgan fingerprint density at radius 2 is 1.27 bits per heavy atom. The molecular formula is C47H45BN2O. The van der Waals surface area contributed by atoms with E-state index in [1.807, 2.05) is 0 Å². The highest BCUT2D eigenvalue weighted by Crippen LogP contribution is 2.53. The normalized spacial score (nSPS) is 17.3. The van der Waals surface area contributed by atoms with Crippen molar-refractivity contribution in [2.24, 2.45) is 0 Å². The number of hydrogen-bond donors (Lipinski definition) is 0. The lowest BCUT2D eigenvalue weighted by Gasteiger charge is -2.33. The van der Waals surface area contributed by atoms with Gasteiger partial charge in [-0.3, -0.25) is 4.57 Å². The van der Waals surface area contributed by atoms with Gasteiger partial charge in [-0.1, -0.05) is 144 Å². The summed E-state index contributed by atoms with van der Waals surface area (Å²) in [6.45, 7) is 14.1. The van der Waals surface area contributed by atoms with Crippen LogP contribution in [0.25, 0.3) is 16.6 Å². The summed E-state index contributed by atoms with van der Waals surface area (Å²) >= 11 is 0. The molecule has 3 aliphatic rings. The van der Waals surface area contributed by atoms with E-state index in [0.29, 0.717) is 17.8 Å². The highest BCUT2D eigenvalue weighted by atomic mass is 16.5. The highest BCUT2D eigenvalue weighted by Gasteiger charge is 2.43. The van der Waals surface area contributed by atoms with Gasteiger partial charge in [0.05, 0.1) is 17.2 Å². The van der Waals surface area contributed by atoms with Gasteiger partial charge in [0.1, 0.15) is 17.3 Å². The first-order valence-corrected chi connectivity index (χ1v) is 18.7. The summed E-state index contributed by atoms with van der Waals surface area (Å²) in [5.41, 5.74) is 13.1. The Labute approximate surface area is 303 Å². The van der Waals surface area contributed by atoms with Crippen LogP contribution in [0.1, 0.15) is 87.5 Å². The van der Waals surface area contributed by atoms with Crippen molar-refractivity contribution in [3.63, 3.8) is 0 Å². The average Bonchev–Trinajstić information content (AvgIpc) is 3.66. The van der Waals surface area contributed by atoms with Gasteiger partial charge in [0, 0.05) is 28.6 Å². The first-order chi connectivity index (χ1) is 24.8. The van der Waals surface area contributed by atoms with Crippen molar-refractivity contribution >= 4 is 45.5 Å². The molecule has 2 atom stereocenters.